The normalized spacial score (nSPS) is 16.8. The van der Waals surface area contributed by atoms with Gasteiger partial charge in [0.05, 0.1) is 17.1 Å². The number of aromatic nitrogens is 3. The number of rotatable bonds is 9. The molecule has 0 saturated carbocycles. The number of amides is 1. The van der Waals surface area contributed by atoms with Gasteiger partial charge < -0.3 is 19.5 Å². The highest BCUT2D eigenvalue weighted by Crippen LogP contribution is 2.41. The minimum absolute atomic E-state index is 0.0625. The Labute approximate surface area is 264 Å². The van der Waals surface area contributed by atoms with E-state index >= 15 is 4.39 Å². The summed E-state index contributed by atoms with van der Waals surface area (Å²) in [7, 11) is 3.68. The van der Waals surface area contributed by atoms with Crippen LogP contribution in [0, 0.1) is 5.82 Å². The minimum Gasteiger partial charge on any atom is -0.489 e. The number of hydrogen-bond donors (Lipinski definition) is 1. The molecular formula is C33H36F3N5O5. The van der Waals surface area contributed by atoms with E-state index in [0.717, 1.165) is 0 Å². The van der Waals surface area contributed by atoms with Gasteiger partial charge in [0.25, 0.3) is 0 Å². The molecule has 2 aromatic heterocycles. The van der Waals surface area contributed by atoms with Crippen molar-refractivity contribution in [1.82, 2.24) is 24.8 Å². The first kappa shape index (κ1) is 32.7. The Morgan fingerprint density at radius 2 is 1.98 bits per heavy atom. The first-order valence-corrected chi connectivity index (χ1v) is 14.7. The molecule has 0 bridgehead atoms. The molecule has 13 heteroatoms. The average Bonchev–Trinajstić information content (AvgIpc) is 3.47. The number of ether oxygens (including phenoxy) is 3. The number of benzene rings is 2. The van der Waals surface area contributed by atoms with E-state index in [9.17, 15) is 18.4 Å². The van der Waals surface area contributed by atoms with Crippen LogP contribution in [-0.4, -0.2) is 64.7 Å². The highest BCUT2D eigenvalue weighted by Gasteiger charge is 2.41. The van der Waals surface area contributed by atoms with Gasteiger partial charge in [-0.05, 0) is 72.5 Å². The molecule has 244 valence electrons. The highest BCUT2D eigenvalue weighted by molar-refractivity contribution is 5.89. The number of nitrogens with one attached hydrogen (secondary N) is 1. The number of carbonyl (C=O) groups excluding carboxylic acids is 2. The fraction of sp³-hybridized carbons (Fsp3) is 0.394. The molecular weight excluding hydrogens is 603 g/mol. The second-order valence-electron chi connectivity index (χ2n) is 12.5. The third kappa shape index (κ3) is 6.23. The monoisotopic (exact) mass is 639 g/mol. The van der Waals surface area contributed by atoms with Gasteiger partial charge in [0.2, 0.25) is 0 Å². The summed E-state index contributed by atoms with van der Waals surface area (Å²) in [5.74, 6) is -0.0816. The van der Waals surface area contributed by atoms with E-state index in [0.29, 0.717) is 41.1 Å². The first-order valence-electron chi connectivity index (χ1n) is 14.7. The summed E-state index contributed by atoms with van der Waals surface area (Å²) in [5.41, 5.74) is -0.000839. The molecule has 5 rings (SSSR count). The quantitative estimate of drug-likeness (QED) is 0.200. The lowest BCUT2D eigenvalue weighted by Gasteiger charge is -2.26. The molecule has 0 spiro atoms. The summed E-state index contributed by atoms with van der Waals surface area (Å²) in [6.07, 6.45) is 1.96. The molecule has 2 atom stereocenters. The molecule has 4 aromatic rings. The average molecular weight is 640 g/mol. The van der Waals surface area contributed by atoms with Crippen LogP contribution in [0.25, 0.3) is 27.8 Å². The zero-order valence-electron chi connectivity index (χ0n) is 26.7. The second kappa shape index (κ2) is 12.3. The lowest BCUT2D eigenvalue weighted by atomic mass is 9.98. The van der Waals surface area contributed by atoms with Crippen LogP contribution in [0.15, 0.2) is 42.6 Å². The van der Waals surface area contributed by atoms with E-state index in [1.807, 2.05) is 25.9 Å². The number of alkyl halides is 2. The van der Waals surface area contributed by atoms with Crippen LogP contribution >= 0.6 is 0 Å². The number of nitrogens with zero attached hydrogens (tertiary/aromatic N) is 4. The summed E-state index contributed by atoms with van der Waals surface area (Å²) >= 11 is 0. The van der Waals surface area contributed by atoms with E-state index in [2.05, 4.69) is 10.3 Å². The van der Waals surface area contributed by atoms with Gasteiger partial charge in [-0.15, -0.1) is 0 Å². The Bertz CT molecular complexity index is 1800. The molecule has 1 N–H and O–H groups in total. The molecule has 0 saturated heterocycles. The Kier molecular flexibility index (Phi) is 8.73. The number of halogens is 3. The van der Waals surface area contributed by atoms with Crippen molar-refractivity contribution in [1.29, 1.82) is 0 Å². The maximum absolute atomic E-state index is 15.8. The Morgan fingerprint density at radius 1 is 1.24 bits per heavy atom. The second-order valence-corrected chi connectivity index (χ2v) is 12.5. The molecule has 10 nitrogen and oxygen atoms in total. The van der Waals surface area contributed by atoms with Gasteiger partial charge in [0, 0.05) is 29.0 Å². The van der Waals surface area contributed by atoms with Crippen molar-refractivity contribution in [3.8, 4) is 28.3 Å². The summed E-state index contributed by atoms with van der Waals surface area (Å²) in [6.45, 7) is 5.87. The molecule has 46 heavy (non-hydrogen) atoms. The van der Waals surface area contributed by atoms with Crippen molar-refractivity contribution < 1.29 is 37.0 Å². The fourth-order valence-corrected chi connectivity index (χ4v) is 5.67. The van der Waals surface area contributed by atoms with Gasteiger partial charge in [-0.1, -0.05) is 13.0 Å². The maximum Gasteiger partial charge on any atom is 0.408 e. The summed E-state index contributed by atoms with van der Waals surface area (Å²) < 4.78 is 60.6. The summed E-state index contributed by atoms with van der Waals surface area (Å²) in [6, 6.07) is 8.36. The number of carbonyl (C=O) groups is 2. The Morgan fingerprint density at radius 3 is 2.61 bits per heavy atom. The molecule has 3 heterocycles. The van der Waals surface area contributed by atoms with Crippen LogP contribution in [0.5, 0.6) is 11.5 Å². The van der Waals surface area contributed by atoms with Crippen LogP contribution in [0.3, 0.4) is 0 Å². The molecule has 0 radical (unpaired) electrons. The Balaban J connectivity index is 1.67. The van der Waals surface area contributed by atoms with E-state index in [1.165, 1.54) is 36.5 Å². The number of fused-ring (bicyclic) bond motifs is 2. The first-order chi connectivity index (χ1) is 21.7. The van der Waals surface area contributed by atoms with E-state index in [4.69, 9.17) is 19.2 Å². The van der Waals surface area contributed by atoms with E-state index in [1.54, 1.807) is 38.3 Å². The zero-order valence-corrected chi connectivity index (χ0v) is 26.7. The van der Waals surface area contributed by atoms with Crippen LogP contribution in [0.2, 0.25) is 0 Å². The van der Waals surface area contributed by atoms with Gasteiger partial charge in [-0.2, -0.15) is 8.78 Å². The number of aldehydes is 1. The number of pyridine rings is 1. The third-order valence-electron chi connectivity index (χ3n) is 7.65. The lowest BCUT2D eigenvalue weighted by Crippen LogP contribution is -2.47. The fourth-order valence-electron chi connectivity index (χ4n) is 5.67. The minimum atomic E-state index is -3.16. The lowest BCUT2D eigenvalue weighted by molar-refractivity contribution is -0.0499. The SMILES string of the molecule is CC[C@H](c1nc2cc(F)c(-c3cnc4c(c3)OCC4(C)NC(=O)OC(C)(C)C)cc2n1-c1c(C=O)cccc1OC(F)F)N(C)C. The smallest absolute Gasteiger partial charge is 0.408 e. The topological polar surface area (TPSA) is 108 Å². The van der Waals surface area contributed by atoms with E-state index in [-0.39, 0.29) is 40.7 Å². The van der Waals surface area contributed by atoms with Crippen molar-refractivity contribution in [2.24, 2.45) is 0 Å². The van der Waals surface area contributed by atoms with Crippen LogP contribution < -0.4 is 14.8 Å². The molecule has 1 aliphatic rings. The van der Waals surface area contributed by atoms with Gasteiger partial charge in [-0.3, -0.25) is 19.2 Å². The zero-order chi connectivity index (χ0) is 33.6. The van der Waals surface area contributed by atoms with Gasteiger partial charge >= 0.3 is 12.7 Å². The number of para-hydroxylation sites is 1. The molecule has 1 unspecified atom stereocenters. The van der Waals surface area contributed by atoms with Crippen molar-refractivity contribution in [3.05, 3.63) is 65.5 Å². The summed E-state index contributed by atoms with van der Waals surface area (Å²) in [4.78, 5) is 35.9. The van der Waals surface area contributed by atoms with Gasteiger partial charge in [0.1, 0.15) is 46.5 Å². The largest absolute Gasteiger partial charge is 0.489 e. The third-order valence-corrected chi connectivity index (χ3v) is 7.65. The molecule has 1 aliphatic heterocycles. The molecule has 2 aromatic carbocycles. The summed E-state index contributed by atoms with van der Waals surface area (Å²) in [5, 5.41) is 2.81. The van der Waals surface area contributed by atoms with Crippen molar-refractivity contribution in [2.75, 3.05) is 20.7 Å². The molecule has 0 aliphatic carbocycles. The highest BCUT2D eigenvalue weighted by atomic mass is 19.3. The van der Waals surface area contributed by atoms with E-state index < -0.39 is 29.7 Å². The van der Waals surface area contributed by atoms with Crippen LogP contribution in [0.4, 0.5) is 18.0 Å². The molecule has 1 amide bonds. The predicted octanol–water partition coefficient (Wildman–Crippen LogP) is 6.79. The maximum atomic E-state index is 15.8. The predicted molar refractivity (Wildman–Crippen MR) is 165 cm³/mol. The number of imidazole rings is 1. The number of hydrogen-bond acceptors (Lipinski definition) is 8. The number of alkyl carbamates (subject to hydrolysis) is 1. The van der Waals surface area contributed by atoms with Crippen LogP contribution in [0.1, 0.15) is 69.0 Å². The van der Waals surface area contributed by atoms with Gasteiger partial charge in [-0.25, -0.2) is 14.2 Å². The Hall–Kier alpha value is -4.65. The van der Waals surface area contributed by atoms with Crippen molar-refractivity contribution >= 4 is 23.4 Å². The van der Waals surface area contributed by atoms with Crippen molar-refractivity contribution in [2.45, 2.75) is 64.8 Å². The van der Waals surface area contributed by atoms with Crippen molar-refractivity contribution in [3.63, 3.8) is 0 Å². The van der Waals surface area contributed by atoms with Crippen LogP contribution in [-0.2, 0) is 10.3 Å². The standard InChI is InChI=1S/C33H36F3N5O5/c1-8-23(40(6)7)29-38-22-14-21(34)20(13-24(22)41(29)27-18(16-42)10-9-11-25(27)45-30(35)36)19-12-26-28(37-15-19)33(5,17-44-26)39-31(43)46-32(2,3)4/h9-16,23,30H,8,17H2,1-7H3,(H,39,43)/t23-,33?/m1/s1. The molecule has 0 fully saturated rings. The van der Waals surface area contributed by atoms with Gasteiger partial charge in [0.15, 0.2) is 12.0 Å².